The van der Waals surface area contributed by atoms with Gasteiger partial charge < -0.3 is 9.84 Å². The molecule has 0 saturated carbocycles. The largest absolute Gasteiger partial charge is 0.339 e. The Bertz CT molecular complexity index is 499. The summed E-state index contributed by atoms with van der Waals surface area (Å²) in [6.07, 6.45) is 4.08. The zero-order valence-electron chi connectivity index (χ0n) is 11.5. The van der Waals surface area contributed by atoms with E-state index in [1.165, 1.54) is 6.33 Å². The van der Waals surface area contributed by atoms with Crippen molar-refractivity contribution in [1.29, 1.82) is 0 Å². The van der Waals surface area contributed by atoms with Crippen LogP contribution < -0.4 is 5.32 Å². The number of hydrogen-bond acceptors (Lipinski definition) is 6. The number of hydrogen-bond donors (Lipinski definition) is 1. The molecule has 2 unspecified atom stereocenters. The molecule has 2 rings (SSSR count). The molecule has 2 heterocycles. The first-order valence-electron chi connectivity index (χ1n) is 6.59. The third kappa shape index (κ3) is 3.14. The fraction of sp³-hybridized carbons (Fsp3) is 0.538. The van der Waals surface area contributed by atoms with Crippen molar-refractivity contribution in [2.24, 2.45) is 0 Å². The number of nitrogens with zero attached hydrogens (tertiary/aromatic N) is 4. The Morgan fingerprint density at radius 3 is 2.84 bits per heavy atom. The van der Waals surface area contributed by atoms with Crippen LogP contribution in [0.3, 0.4) is 0 Å². The minimum absolute atomic E-state index is 0.211. The number of nitrogens with one attached hydrogen (secondary N) is 1. The quantitative estimate of drug-likeness (QED) is 0.857. The molecule has 6 heteroatoms. The van der Waals surface area contributed by atoms with E-state index in [1.807, 2.05) is 0 Å². The predicted octanol–water partition coefficient (Wildman–Crippen LogP) is 2.02. The van der Waals surface area contributed by atoms with E-state index in [4.69, 9.17) is 4.52 Å². The average molecular weight is 261 g/mol. The lowest BCUT2D eigenvalue weighted by atomic mass is 9.98. The lowest BCUT2D eigenvalue weighted by molar-refractivity contribution is 0.318. The van der Waals surface area contributed by atoms with Gasteiger partial charge in [0, 0.05) is 12.2 Å². The Kier molecular flexibility index (Phi) is 4.57. The minimum Gasteiger partial charge on any atom is -0.339 e. The topological polar surface area (TPSA) is 76.7 Å². The Labute approximate surface area is 112 Å². The molecule has 102 valence electrons. The van der Waals surface area contributed by atoms with Gasteiger partial charge in [-0.05, 0) is 26.0 Å². The van der Waals surface area contributed by atoms with E-state index in [0.29, 0.717) is 23.5 Å². The maximum Gasteiger partial charge on any atom is 0.231 e. The van der Waals surface area contributed by atoms with Gasteiger partial charge in [-0.1, -0.05) is 19.0 Å². The summed E-state index contributed by atoms with van der Waals surface area (Å²) in [4.78, 5) is 12.4. The highest BCUT2D eigenvalue weighted by Gasteiger charge is 2.23. The first kappa shape index (κ1) is 13.6. The normalized spacial score (nSPS) is 14.3. The second-order valence-electron chi connectivity index (χ2n) is 4.41. The molecule has 19 heavy (non-hydrogen) atoms. The molecule has 0 amide bonds. The first-order valence-corrected chi connectivity index (χ1v) is 6.59. The summed E-state index contributed by atoms with van der Waals surface area (Å²) in [6.45, 7) is 7.26. The van der Waals surface area contributed by atoms with Gasteiger partial charge in [-0.3, -0.25) is 0 Å². The smallest absolute Gasteiger partial charge is 0.231 e. The summed E-state index contributed by atoms with van der Waals surface area (Å²) in [6, 6.07) is 2.07. The van der Waals surface area contributed by atoms with E-state index >= 15 is 0 Å². The Morgan fingerprint density at radius 2 is 2.21 bits per heavy atom. The zero-order valence-corrected chi connectivity index (χ0v) is 11.5. The van der Waals surface area contributed by atoms with Gasteiger partial charge in [0.05, 0.1) is 5.92 Å². The van der Waals surface area contributed by atoms with Crippen molar-refractivity contribution in [3.63, 3.8) is 0 Å². The fourth-order valence-electron chi connectivity index (χ4n) is 2.12. The molecule has 2 aromatic rings. The molecule has 6 nitrogen and oxygen atoms in total. The van der Waals surface area contributed by atoms with E-state index in [1.54, 1.807) is 12.3 Å². The Balaban J connectivity index is 2.20. The predicted molar refractivity (Wildman–Crippen MR) is 71.5 cm³/mol. The molecule has 0 aliphatic carbocycles. The van der Waals surface area contributed by atoms with Crippen molar-refractivity contribution in [3.8, 4) is 11.5 Å². The van der Waals surface area contributed by atoms with Gasteiger partial charge in [0.15, 0.2) is 0 Å². The third-order valence-corrected chi connectivity index (χ3v) is 3.14. The summed E-state index contributed by atoms with van der Waals surface area (Å²) in [7, 11) is 0. The van der Waals surface area contributed by atoms with Gasteiger partial charge in [0.25, 0.3) is 0 Å². The van der Waals surface area contributed by atoms with E-state index < -0.39 is 0 Å². The van der Waals surface area contributed by atoms with Crippen LogP contribution in [0, 0.1) is 0 Å². The lowest BCUT2D eigenvalue weighted by Gasteiger charge is -2.19. The number of aromatic nitrogens is 4. The molecule has 2 atom stereocenters. The van der Waals surface area contributed by atoms with Crippen molar-refractivity contribution >= 4 is 0 Å². The third-order valence-electron chi connectivity index (χ3n) is 3.14. The summed E-state index contributed by atoms with van der Waals surface area (Å²) in [5.41, 5.74) is 0.677. The summed E-state index contributed by atoms with van der Waals surface area (Å²) < 4.78 is 5.38. The molecule has 0 aromatic carbocycles. The van der Waals surface area contributed by atoms with Gasteiger partial charge in [-0.15, -0.1) is 0 Å². The van der Waals surface area contributed by atoms with Crippen LogP contribution in [0.4, 0.5) is 0 Å². The second-order valence-corrected chi connectivity index (χ2v) is 4.41. The van der Waals surface area contributed by atoms with Crippen molar-refractivity contribution in [1.82, 2.24) is 25.4 Å². The molecule has 0 fully saturated rings. The Morgan fingerprint density at radius 1 is 1.37 bits per heavy atom. The molecular weight excluding hydrogens is 242 g/mol. The van der Waals surface area contributed by atoms with Gasteiger partial charge in [-0.25, -0.2) is 9.97 Å². The molecule has 0 aliphatic heterocycles. The Hall–Kier alpha value is -1.82. The highest BCUT2D eigenvalue weighted by molar-refractivity contribution is 5.46. The highest BCUT2D eigenvalue weighted by atomic mass is 16.5. The number of rotatable bonds is 6. The zero-order chi connectivity index (χ0) is 13.7. The maximum absolute atomic E-state index is 5.38. The van der Waals surface area contributed by atoms with Crippen molar-refractivity contribution in [2.75, 3.05) is 6.54 Å². The van der Waals surface area contributed by atoms with Crippen molar-refractivity contribution in [2.45, 2.75) is 39.2 Å². The van der Waals surface area contributed by atoms with Gasteiger partial charge in [0.2, 0.25) is 11.7 Å². The molecular formula is C13H19N5O. The molecule has 1 N–H and O–H groups in total. The SMILES string of the molecule is CCNC(C)C(CC)c1nc(-c2ccncn2)no1. The van der Waals surface area contributed by atoms with Crippen LogP contribution >= 0.6 is 0 Å². The lowest BCUT2D eigenvalue weighted by Crippen LogP contribution is -2.31. The van der Waals surface area contributed by atoms with Crippen molar-refractivity contribution in [3.05, 3.63) is 24.5 Å². The van der Waals surface area contributed by atoms with Crippen LogP contribution in [-0.4, -0.2) is 32.7 Å². The minimum atomic E-state index is 0.211. The standard InChI is InChI=1S/C13H19N5O/c1-4-10(9(3)15-5-2)13-17-12(18-19-13)11-6-7-14-8-16-11/h6-10,15H,4-5H2,1-3H3. The molecule has 0 radical (unpaired) electrons. The van der Waals surface area contributed by atoms with E-state index in [0.717, 1.165) is 13.0 Å². The maximum atomic E-state index is 5.38. The van der Waals surface area contributed by atoms with Gasteiger partial charge >= 0.3 is 0 Å². The summed E-state index contributed by atoms with van der Waals surface area (Å²) >= 11 is 0. The van der Waals surface area contributed by atoms with Gasteiger partial charge in [-0.2, -0.15) is 4.98 Å². The van der Waals surface area contributed by atoms with Crippen LogP contribution in [0.1, 0.15) is 39.0 Å². The average Bonchev–Trinajstić information content (AvgIpc) is 2.90. The molecule has 0 spiro atoms. The highest BCUT2D eigenvalue weighted by Crippen LogP contribution is 2.23. The van der Waals surface area contributed by atoms with Crippen LogP contribution in [0.25, 0.3) is 11.5 Å². The van der Waals surface area contributed by atoms with Crippen LogP contribution in [0.2, 0.25) is 0 Å². The van der Waals surface area contributed by atoms with E-state index in [2.05, 4.69) is 46.2 Å². The molecule has 0 bridgehead atoms. The van der Waals surface area contributed by atoms with Crippen LogP contribution in [-0.2, 0) is 0 Å². The summed E-state index contributed by atoms with van der Waals surface area (Å²) in [5, 5.41) is 7.38. The second kappa shape index (κ2) is 6.38. The van der Waals surface area contributed by atoms with Crippen LogP contribution in [0.15, 0.2) is 23.1 Å². The van der Waals surface area contributed by atoms with Crippen molar-refractivity contribution < 1.29 is 4.52 Å². The fourth-order valence-corrected chi connectivity index (χ4v) is 2.12. The van der Waals surface area contributed by atoms with Gasteiger partial charge in [0.1, 0.15) is 12.0 Å². The monoisotopic (exact) mass is 261 g/mol. The molecule has 2 aromatic heterocycles. The first-order chi connectivity index (χ1) is 9.26. The van der Waals surface area contributed by atoms with E-state index in [-0.39, 0.29) is 5.92 Å². The summed E-state index contributed by atoms with van der Waals surface area (Å²) in [5.74, 6) is 1.38. The van der Waals surface area contributed by atoms with E-state index in [9.17, 15) is 0 Å². The molecule has 0 aliphatic rings. The van der Waals surface area contributed by atoms with Crippen LogP contribution in [0.5, 0.6) is 0 Å². The number of likely N-dealkylation sites (N-methyl/N-ethyl adjacent to an activating group) is 1. The molecule has 0 saturated heterocycles.